The first kappa shape index (κ1) is 14.7. The maximum Gasteiger partial charge on any atom is 0.307 e. The molecule has 100 valence electrons. The topological polar surface area (TPSA) is 58.6 Å². The second kappa shape index (κ2) is 7.84. The zero-order valence-corrected chi connectivity index (χ0v) is 11.0. The lowest BCUT2D eigenvalue weighted by Crippen LogP contribution is -2.31. The van der Waals surface area contributed by atoms with Crippen LogP contribution in [0.4, 0.5) is 0 Å². The van der Waals surface area contributed by atoms with Gasteiger partial charge in [0.1, 0.15) is 0 Å². The summed E-state index contributed by atoms with van der Waals surface area (Å²) in [5.41, 5.74) is 1.98. The van der Waals surface area contributed by atoms with E-state index in [4.69, 9.17) is 9.84 Å². The number of hydrogen-bond acceptors (Lipinski definition) is 3. The highest BCUT2D eigenvalue weighted by atomic mass is 16.5. The van der Waals surface area contributed by atoms with Gasteiger partial charge >= 0.3 is 5.97 Å². The van der Waals surface area contributed by atoms with Crippen molar-refractivity contribution in [3.63, 3.8) is 0 Å². The van der Waals surface area contributed by atoms with Gasteiger partial charge in [-0.25, -0.2) is 0 Å². The van der Waals surface area contributed by atoms with E-state index in [0.717, 1.165) is 24.1 Å². The maximum absolute atomic E-state index is 10.6. The molecule has 0 bridgehead atoms. The average molecular weight is 251 g/mol. The van der Waals surface area contributed by atoms with E-state index in [1.807, 2.05) is 24.3 Å². The summed E-state index contributed by atoms with van der Waals surface area (Å²) in [4.78, 5) is 10.6. The Labute approximate surface area is 108 Å². The van der Waals surface area contributed by atoms with Crippen LogP contribution < -0.4 is 5.32 Å². The molecule has 0 aliphatic carbocycles. The third-order valence-corrected chi connectivity index (χ3v) is 2.83. The van der Waals surface area contributed by atoms with Crippen molar-refractivity contribution < 1.29 is 14.6 Å². The summed E-state index contributed by atoms with van der Waals surface area (Å²) in [5.74, 6) is -0.799. The van der Waals surface area contributed by atoms with Crippen molar-refractivity contribution in [3.8, 4) is 0 Å². The number of aliphatic carboxylic acids is 1. The molecule has 2 N–H and O–H groups in total. The molecule has 0 aromatic heterocycles. The van der Waals surface area contributed by atoms with Gasteiger partial charge in [-0.2, -0.15) is 0 Å². The smallest absolute Gasteiger partial charge is 0.307 e. The minimum Gasteiger partial charge on any atom is -0.481 e. The quantitative estimate of drug-likeness (QED) is 0.740. The first-order valence-electron chi connectivity index (χ1n) is 6.17. The highest BCUT2D eigenvalue weighted by Crippen LogP contribution is 2.06. The predicted molar refractivity (Wildman–Crippen MR) is 70.6 cm³/mol. The monoisotopic (exact) mass is 251 g/mol. The first-order valence-corrected chi connectivity index (χ1v) is 6.17. The van der Waals surface area contributed by atoms with Crippen molar-refractivity contribution in [2.45, 2.75) is 32.4 Å². The highest BCUT2D eigenvalue weighted by Gasteiger charge is 2.05. The number of carboxylic acids is 1. The number of nitrogens with one attached hydrogen (secondary N) is 1. The minimum absolute atomic E-state index is 0.0783. The molecule has 0 radical (unpaired) electrons. The summed E-state index contributed by atoms with van der Waals surface area (Å²) < 4.78 is 5.12. The van der Waals surface area contributed by atoms with E-state index in [0.29, 0.717) is 12.6 Å². The van der Waals surface area contributed by atoms with E-state index < -0.39 is 5.97 Å². The molecular weight excluding hydrogens is 230 g/mol. The molecule has 1 aromatic rings. The van der Waals surface area contributed by atoms with Crippen LogP contribution in [0.25, 0.3) is 0 Å². The van der Waals surface area contributed by atoms with Crippen molar-refractivity contribution >= 4 is 5.97 Å². The van der Waals surface area contributed by atoms with Crippen LogP contribution in [0.5, 0.6) is 0 Å². The molecule has 4 nitrogen and oxygen atoms in total. The molecule has 1 aromatic carbocycles. The summed E-state index contributed by atoms with van der Waals surface area (Å²) in [5, 5.41) is 12.1. The van der Waals surface area contributed by atoms with Gasteiger partial charge in [0, 0.05) is 19.7 Å². The number of rotatable bonds is 8. The zero-order valence-electron chi connectivity index (χ0n) is 11.0. The van der Waals surface area contributed by atoms with E-state index >= 15 is 0 Å². The Balaban J connectivity index is 2.45. The molecule has 0 saturated heterocycles. The molecule has 4 heteroatoms. The fourth-order valence-electron chi connectivity index (χ4n) is 1.73. The molecule has 0 heterocycles. The van der Waals surface area contributed by atoms with Gasteiger partial charge in [-0.05, 0) is 17.5 Å². The van der Waals surface area contributed by atoms with E-state index in [-0.39, 0.29) is 6.42 Å². The summed E-state index contributed by atoms with van der Waals surface area (Å²) in [6.07, 6.45) is 1.10. The molecule has 0 saturated carbocycles. The predicted octanol–water partition coefficient (Wildman–Crippen LogP) is 1.83. The minimum atomic E-state index is -0.799. The van der Waals surface area contributed by atoms with Gasteiger partial charge in [-0.15, -0.1) is 0 Å². The first-order chi connectivity index (χ1) is 8.65. The Morgan fingerprint density at radius 2 is 1.94 bits per heavy atom. The Bertz CT molecular complexity index is 362. The number of benzene rings is 1. The average Bonchev–Trinajstić information content (AvgIpc) is 2.35. The molecule has 18 heavy (non-hydrogen) atoms. The van der Waals surface area contributed by atoms with Gasteiger partial charge in [0.05, 0.1) is 13.0 Å². The van der Waals surface area contributed by atoms with Gasteiger partial charge < -0.3 is 15.2 Å². The Kier molecular flexibility index (Phi) is 6.39. The van der Waals surface area contributed by atoms with Crippen LogP contribution in [-0.4, -0.2) is 30.8 Å². The Morgan fingerprint density at radius 1 is 1.33 bits per heavy atom. The largest absolute Gasteiger partial charge is 0.481 e. The Morgan fingerprint density at radius 3 is 2.44 bits per heavy atom. The molecule has 0 amide bonds. The summed E-state index contributed by atoms with van der Waals surface area (Å²) >= 11 is 0. The standard InChI is InChI=1S/C14H21NO3/c1-3-13(10-18-2)15-9-12-6-4-11(5-7-12)8-14(16)17/h4-7,13,15H,3,8-10H2,1-2H3,(H,16,17). The van der Waals surface area contributed by atoms with Gasteiger partial charge in [0.25, 0.3) is 0 Å². The van der Waals surface area contributed by atoms with Gasteiger partial charge in [0.15, 0.2) is 0 Å². The van der Waals surface area contributed by atoms with Crippen LogP contribution in [0.3, 0.4) is 0 Å². The van der Waals surface area contributed by atoms with Crippen molar-refractivity contribution in [3.05, 3.63) is 35.4 Å². The number of carbonyl (C=O) groups is 1. The van der Waals surface area contributed by atoms with E-state index in [1.54, 1.807) is 7.11 Å². The second-order valence-corrected chi connectivity index (χ2v) is 4.33. The Hall–Kier alpha value is -1.39. The number of methoxy groups -OCH3 is 1. The van der Waals surface area contributed by atoms with E-state index in [1.165, 1.54) is 0 Å². The lowest BCUT2D eigenvalue weighted by molar-refractivity contribution is -0.136. The summed E-state index contributed by atoms with van der Waals surface area (Å²) in [7, 11) is 1.70. The number of ether oxygens (including phenoxy) is 1. The summed E-state index contributed by atoms with van der Waals surface area (Å²) in [6, 6.07) is 8.01. The fourth-order valence-corrected chi connectivity index (χ4v) is 1.73. The molecule has 0 aliphatic rings. The van der Waals surface area contributed by atoms with Gasteiger partial charge in [0.2, 0.25) is 0 Å². The SMILES string of the molecule is CCC(COC)NCc1ccc(CC(=O)O)cc1. The number of carboxylic acid groups (broad SMARTS) is 1. The van der Waals surface area contributed by atoms with Crippen molar-refractivity contribution in [2.75, 3.05) is 13.7 Å². The maximum atomic E-state index is 10.6. The van der Waals surface area contributed by atoms with Gasteiger partial charge in [-0.1, -0.05) is 31.2 Å². The van der Waals surface area contributed by atoms with Crippen LogP contribution >= 0.6 is 0 Å². The molecule has 0 fully saturated rings. The van der Waals surface area contributed by atoms with E-state index in [2.05, 4.69) is 12.2 Å². The molecule has 1 rings (SSSR count). The highest BCUT2D eigenvalue weighted by molar-refractivity contribution is 5.70. The summed E-state index contributed by atoms with van der Waals surface area (Å²) in [6.45, 7) is 3.59. The fraction of sp³-hybridized carbons (Fsp3) is 0.500. The zero-order chi connectivity index (χ0) is 13.4. The van der Waals surface area contributed by atoms with Crippen LogP contribution in [0.15, 0.2) is 24.3 Å². The van der Waals surface area contributed by atoms with Crippen LogP contribution in [-0.2, 0) is 22.5 Å². The molecule has 0 spiro atoms. The second-order valence-electron chi connectivity index (χ2n) is 4.33. The molecule has 0 aliphatic heterocycles. The van der Waals surface area contributed by atoms with Crippen LogP contribution in [0.1, 0.15) is 24.5 Å². The third-order valence-electron chi connectivity index (χ3n) is 2.83. The van der Waals surface area contributed by atoms with Crippen molar-refractivity contribution in [2.24, 2.45) is 0 Å². The van der Waals surface area contributed by atoms with Crippen LogP contribution in [0.2, 0.25) is 0 Å². The normalized spacial score (nSPS) is 12.3. The third kappa shape index (κ3) is 5.29. The van der Waals surface area contributed by atoms with E-state index in [9.17, 15) is 4.79 Å². The lowest BCUT2D eigenvalue weighted by atomic mass is 10.1. The van der Waals surface area contributed by atoms with Crippen LogP contribution in [0, 0.1) is 0 Å². The molecule has 1 unspecified atom stereocenters. The molecule has 1 atom stereocenters. The van der Waals surface area contributed by atoms with Crippen molar-refractivity contribution in [1.29, 1.82) is 0 Å². The number of hydrogen-bond donors (Lipinski definition) is 2. The van der Waals surface area contributed by atoms with Crippen molar-refractivity contribution in [1.82, 2.24) is 5.32 Å². The lowest BCUT2D eigenvalue weighted by Gasteiger charge is -2.15. The molecular formula is C14H21NO3. The van der Waals surface area contributed by atoms with Gasteiger partial charge in [-0.3, -0.25) is 4.79 Å².